The summed E-state index contributed by atoms with van der Waals surface area (Å²) in [5, 5.41) is 6.04. The number of likely N-dealkylation sites (N-methyl/N-ethyl adjacent to an activating group) is 1. The Labute approximate surface area is 357 Å². The van der Waals surface area contributed by atoms with Crippen LogP contribution in [0.15, 0.2) is 36.4 Å². The van der Waals surface area contributed by atoms with Crippen LogP contribution in [0, 0.1) is 35.3 Å². The first-order chi connectivity index (χ1) is 29.0. The summed E-state index contributed by atoms with van der Waals surface area (Å²) in [7, 11) is 1.61. The fourth-order valence-corrected chi connectivity index (χ4v) is 8.76. The second-order valence-corrected chi connectivity index (χ2v) is 18.0. The van der Waals surface area contributed by atoms with Gasteiger partial charge in [0.25, 0.3) is 11.8 Å². The van der Waals surface area contributed by atoms with Crippen molar-refractivity contribution in [3.05, 3.63) is 53.6 Å². The lowest BCUT2D eigenvalue weighted by molar-refractivity contribution is -0.141. The van der Waals surface area contributed by atoms with Crippen molar-refractivity contribution < 1.29 is 45.5 Å². The number of imidazole rings is 1. The number of H-pyrrole nitrogens is 1. The largest absolute Gasteiger partial charge is 0.352 e. The number of halogens is 6. The molecule has 6 rings (SSSR count). The van der Waals surface area contributed by atoms with Crippen LogP contribution in [0.3, 0.4) is 0 Å². The summed E-state index contributed by atoms with van der Waals surface area (Å²) in [6, 6.07) is 3.74. The number of ketones is 1. The summed E-state index contributed by atoms with van der Waals surface area (Å²) >= 11 is 0. The molecule has 338 valence electrons. The van der Waals surface area contributed by atoms with E-state index in [1.54, 1.807) is 53.2 Å². The van der Waals surface area contributed by atoms with Crippen LogP contribution in [-0.2, 0) is 32.1 Å². The average molecular weight is 874 g/mol. The third kappa shape index (κ3) is 9.66. The van der Waals surface area contributed by atoms with Crippen molar-refractivity contribution in [1.29, 1.82) is 0 Å². The highest BCUT2D eigenvalue weighted by atomic mass is 19.3. The number of rotatable bonds is 16. The molecule has 3 amide bonds. The SMILES string of the molecule is CCC(C)C(=O)NC(C(=O)N1CC(F)(F)CC1Cn1c(-c2[nH]c3cc(F)ccc3c2CC2CC(F)(F)CN2C(=O)C(CC(=O)C(C)NC)C(C)C)nc2cc(F)ccc21)C(C)C. The Kier molecular flexibility index (Phi) is 13.6. The van der Waals surface area contributed by atoms with E-state index in [-0.39, 0.29) is 59.5 Å². The van der Waals surface area contributed by atoms with Gasteiger partial charge in [0.15, 0.2) is 5.82 Å². The second kappa shape index (κ2) is 18.0. The Balaban J connectivity index is 1.44. The van der Waals surface area contributed by atoms with Crippen LogP contribution < -0.4 is 10.6 Å². The Morgan fingerprint density at radius 2 is 1.47 bits per heavy atom. The molecule has 11 nitrogen and oxygen atoms in total. The van der Waals surface area contributed by atoms with Crippen molar-refractivity contribution in [2.24, 2.45) is 23.7 Å². The Morgan fingerprint density at radius 3 is 2.08 bits per heavy atom. The topological polar surface area (TPSA) is 132 Å². The molecule has 2 aromatic carbocycles. The van der Waals surface area contributed by atoms with Gasteiger partial charge in [0, 0.05) is 60.7 Å². The molecular weight excluding hydrogens is 817 g/mol. The molecular formula is C45H57F6N7O4. The van der Waals surface area contributed by atoms with Gasteiger partial charge in [-0.15, -0.1) is 0 Å². The first-order valence-corrected chi connectivity index (χ1v) is 21.4. The summed E-state index contributed by atoms with van der Waals surface area (Å²) in [6.07, 6.45) is -1.29. The molecule has 4 heterocycles. The molecule has 2 aliphatic heterocycles. The molecule has 2 aromatic heterocycles. The van der Waals surface area contributed by atoms with Crippen molar-refractivity contribution in [2.45, 2.75) is 123 Å². The van der Waals surface area contributed by atoms with Gasteiger partial charge in [-0.1, -0.05) is 41.5 Å². The summed E-state index contributed by atoms with van der Waals surface area (Å²) < 4.78 is 93.2. The van der Waals surface area contributed by atoms with Gasteiger partial charge in [0.2, 0.25) is 17.7 Å². The number of aromatic nitrogens is 3. The predicted molar refractivity (Wildman–Crippen MR) is 223 cm³/mol. The van der Waals surface area contributed by atoms with Crippen molar-refractivity contribution in [3.63, 3.8) is 0 Å². The van der Waals surface area contributed by atoms with Gasteiger partial charge in [-0.2, -0.15) is 0 Å². The normalized spacial score (nSPS) is 20.6. The van der Waals surface area contributed by atoms with E-state index < -0.39 is 103 Å². The molecule has 62 heavy (non-hydrogen) atoms. The summed E-state index contributed by atoms with van der Waals surface area (Å²) in [5.41, 5.74) is 1.27. The summed E-state index contributed by atoms with van der Waals surface area (Å²) in [4.78, 5) is 64.5. The maximum Gasteiger partial charge on any atom is 0.267 e. The highest BCUT2D eigenvalue weighted by Gasteiger charge is 2.51. The summed E-state index contributed by atoms with van der Waals surface area (Å²) in [5.74, 6) is -11.8. The first-order valence-electron chi connectivity index (χ1n) is 21.4. The number of hydrogen-bond donors (Lipinski definition) is 3. The van der Waals surface area contributed by atoms with Crippen molar-refractivity contribution in [1.82, 2.24) is 35.0 Å². The van der Waals surface area contributed by atoms with Crippen LogP contribution in [0.1, 0.15) is 79.7 Å². The van der Waals surface area contributed by atoms with Gasteiger partial charge >= 0.3 is 0 Å². The lowest BCUT2D eigenvalue weighted by Gasteiger charge is -2.32. The Bertz CT molecular complexity index is 2170. The van der Waals surface area contributed by atoms with Crippen molar-refractivity contribution in [3.8, 4) is 11.5 Å². The van der Waals surface area contributed by atoms with Crippen LogP contribution in [0.4, 0.5) is 26.3 Å². The molecule has 4 aromatic rings. The van der Waals surface area contributed by atoms with Gasteiger partial charge in [0.1, 0.15) is 23.5 Å². The number of amides is 3. The monoisotopic (exact) mass is 873 g/mol. The molecule has 6 atom stereocenters. The molecule has 0 bridgehead atoms. The van der Waals surface area contributed by atoms with Crippen LogP contribution in [0.5, 0.6) is 0 Å². The Morgan fingerprint density at radius 1 is 0.855 bits per heavy atom. The van der Waals surface area contributed by atoms with Gasteiger partial charge < -0.3 is 30.0 Å². The molecule has 6 unspecified atom stereocenters. The zero-order chi connectivity index (χ0) is 45.6. The zero-order valence-electron chi connectivity index (χ0n) is 36.4. The molecule has 0 saturated carbocycles. The minimum atomic E-state index is -3.30. The maximum atomic E-state index is 15.5. The number of likely N-dealkylation sites (tertiary alicyclic amines) is 2. The van der Waals surface area contributed by atoms with E-state index >= 15 is 17.6 Å². The minimum Gasteiger partial charge on any atom is -0.352 e. The number of fused-ring (bicyclic) bond motifs is 2. The zero-order valence-corrected chi connectivity index (χ0v) is 36.4. The number of alkyl halides is 4. The molecule has 0 spiro atoms. The molecule has 3 N–H and O–H groups in total. The van der Waals surface area contributed by atoms with Crippen molar-refractivity contribution in [2.75, 3.05) is 20.1 Å². The van der Waals surface area contributed by atoms with Gasteiger partial charge in [-0.05, 0) is 74.5 Å². The standard InChI is InChI=1S/C45H57F6N7O4/c1-9-25(6)41(60)55-38(24(4)5)43(62)58-22-45(50,51)19-30(58)20-56-36-13-11-28(47)15-35(36)54-40(56)39-33(31-12-10-27(46)14-34(31)53-39)16-29-18-44(48,49)21-57(29)42(61)32(23(2)3)17-37(59)26(7)52-8/h10-15,23-26,29-30,32,38,52-53H,9,16-22H2,1-8H3,(H,55,60). The number of aromatic amines is 1. The maximum absolute atomic E-state index is 15.5. The third-order valence-corrected chi connectivity index (χ3v) is 12.7. The van der Waals surface area contributed by atoms with Crippen molar-refractivity contribution >= 4 is 45.4 Å². The fraction of sp³-hybridized carbons (Fsp3) is 0.578. The van der Waals surface area contributed by atoms with E-state index in [4.69, 9.17) is 4.98 Å². The van der Waals surface area contributed by atoms with Gasteiger partial charge in [-0.3, -0.25) is 19.2 Å². The molecule has 0 aliphatic carbocycles. The summed E-state index contributed by atoms with van der Waals surface area (Å²) in [6.45, 7) is 10.0. The number of Topliss-reactive ketones (excluding diaryl/α,β-unsaturated/α-hetero) is 1. The number of carbonyl (C=O) groups excluding carboxylic acids is 4. The molecule has 2 saturated heterocycles. The fourth-order valence-electron chi connectivity index (χ4n) is 8.76. The first kappa shape index (κ1) is 46.6. The van der Waals surface area contributed by atoms with E-state index in [9.17, 15) is 28.0 Å². The van der Waals surface area contributed by atoms with Gasteiger partial charge in [-0.25, -0.2) is 31.3 Å². The number of carbonyl (C=O) groups is 4. The van der Waals surface area contributed by atoms with E-state index in [1.807, 2.05) is 6.92 Å². The number of nitrogens with one attached hydrogen (secondary N) is 3. The van der Waals surface area contributed by atoms with E-state index in [0.717, 1.165) is 15.9 Å². The number of hydrogen-bond acceptors (Lipinski definition) is 6. The smallest absolute Gasteiger partial charge is 0.267 e. The molecule has 17 heteroatoms. The predicted octanol–water partition coefficient (Wildman–Crippen LogP) is 7.50. The number of nitrogens with zero attached hydrogens (tertiary/aromatic N) is 4. The lowest BCUT2D eigenvalue weighted by atomic mass is 9.87. The third-order valence-electron chi connectivity index (χ3n) is 12.7. The highest BCUT2D eigenvalue weighted by molar-refractivity contribution is 5.93. The average Bonchev–Trinajstić information content (AvgIpc) is 3.92. The van der Waals surface area contributed by atoms with Crippen LogP contribution >= 0.6 is 0 Å². The van der Waals surface area contributed by atoms with Gasteiger partial charge in [0.05, 0.1) is 41.9 Å². The second-order valence-electron chi connectivity index (χ2n) is 18.0. The minimum absolute atomic E-state index is 0.0830. The van der Waals surface area contributed by atoms with E-state index in [2.05, 4.69) is 15.6 Å². The van der Waals surface area contributed by atoms with Crippen LogP contribution in [0.2, 0.25) is 0 Å². The number of benzene rings is 2. The Hall–Kier alpha value is -4.93. The highest BCUT2D eigenvalue weighted by Crippen LogP contribution is 2.41. The van der Waals surface area contributed by atoms with Crippen LogP contribution in [-0.4, -0.2) is 104 Å². The molecule has 2 aliphatic rings. The van der Waals surface area contributed by atoms with E-state index in [0.29, 0.717) is 22.9 Å². The van der Waals surface area contributed by atoms with Crippen LogP contribution in [0.25, 0.3) is 33.5 Å². The quantitative estimate of drug-likeness (QED) is 0.100. The molecule has 2 fully saturated rings. The molecule has 0 radical (unpaired) electrons. The lowest BCUT2D eigenvalue weighted by Crippen LogP contribution is -2.54. The van der Waals surface area contributed by atoms with E-state index in [1.165, 1.54) is 30.3 Å².